The maximum absolute atomic E-state index is 14.8. The van der Waals surface area contributed by atoms with Crippen LogP contribution in [0.3, 0.4) is 0 Å². The molecule has 15 heteroatoms. The first-order valence-corrected chi connectivity index (χ1v) is 15.4. The Balaban J connectivity index is 1.06. The third-order valence-electron chi connectivity index (χ3n) is 7.42. The van der Waals surface area contributed by atoms with Gasteiger partial charge in [-0.15, -0.1) is 5.10 Å². The second kappa shape index (κ2) is 15.6. The molecule has 1 atom stereocenters. The third-order valence-corrected chi connectivity index (χ3v) is 7.42. The molecule has 0 spiro atoms. The van der Waals surface area contributed by atoms with Crippen molar-refractivity contribution in [1.82, 2.24) is 24.9 Å². The van der Waals surface area contributed by atoms with Crippen LogP contribution < -0.4 is 25.8 Å². The number of alkyl halides is 3. The number of morpholine rings is 1. The molecule has 2 amide bonds. The molecule has 1 unspecified atom stereocenters. The van der Waals surface area contributed by atoms with E-state index in [9.17, 15) is 27.6 Å². The monoisotopic (exact) mass is 667 g/mol. The summed E-state index contributed by atoms with van der Waals surface area (Å²) in [5, 5.41) is 12.9. The number of pyridine rings is 1. The number of carbonyl (C=O) groups is 2. The lowest BCUT2D eigenvalue weighted by molar-refractivity contribution is -0.159. The van der Waals surface area contributed by atoms with Gasteiger partial charge in [-0.3, -0.25) is 14.4 Å². The van der Waals surface area contributed by atoms with Crippen LogP contribution in [0.1, 0.15) is 35.0 Å². The van der Waals surface area contributed by atoms with Crippen LogP contribution in [0.15, 0.2) is 77.9 Å². The number of rotatable bonds is 14. The number of halogens is 3. The molecule has 5 rings (SSSR count). The molecule has 1 aliphatic heterocycles. The topological polar surface area (TPSA) is 133 Å². The quantitative estimate of drug-likeness (QED) is 0.208. The average molecular weight is 668 g/mol. The number of hydrogen-bond acceptors (Lipinski definition) is 8. The lowest BCUT2D eigenvalue weighted by Gasteiger charge is -2.29. The number of carbonyl (C=O) groups excluding carboxylic acids is 2. The normalized spacial score (nSPS) is 14.0. The second-order valence-electron chi connectivity index (χ2n) is 11.4. The van der Waals surface area contributed by atoms with Gasteiger partial charge in [0.05, 0.1) is 32.4 Å². The molecule has 1 aliphatic rings. The molecule has 1 fully saturated rings. The van der Waals surface area contributed by atoms with E-state index in [-0.39, 0.29) is 49.8 Å². The molecule has 2 aromatic heterocycles. The first kappa shape index (κ1) is 34.2. The maximum Gasteiger partial charge on any atom is 0.394 e. The zero-order valence-corrected chi connectivity index (χ0v) is 26.3. The fourth-order valence-electron chi connectivity index (χ4n) is 5.11. The number of nitrogens with zero attached hydrogens (tertiary/aromatic N) is 5. The largest absolute Gasteiger partial charge is 0.433 e. The van der Waals surface area contributed by atoms with Crippen LogP contribution in [0.2, 0.25) is 0 Å². The average Bonchev–Trinajstić information content (AvgIpc) is 3.51. The van der Waals surface area contributed by atoms with Gasteiger partial charge in [0.2, 0.25) is 5.91 Å². The summed E-state index contributed by atoms with van der Waals surface area (Å²) in [6.07, 6.45) is -1.82. The number of benzene rings is 2. The van der Waals surface area contributed by atoms with Gasteiger partial charge >= 0.3 is 6.11 Å². The Morgan fingerprint density at radius 3 is 2.60 bits per heavy atom. The second-order valence-corrected chi connectivity index (χ2v) is 11.4. The lowest BCUT2D eigenvalue weighted by atomic mass is 10.1. The summed E-state index contributed by atoms with van der Waals surface area (Å²) in [5.41, 5.74) is 2.31. The first-order chi connectivity index (χ1) is 23.0. The molecule has 3 heterocycles. The number of ether oxygens (including phenoxy) is 2. The Kier molecular flexibility index (Phi) is 11.1. The summed E-state index contributed by atoms with van der Waals surface area (Å²) < 4.78 is 53.5. The SMILES string of the molecule is CC(F)(F)Oc1cccc(CNC(=O)c2cn(CC(F)CCn3ccc(NC(=O)Cc4cccc(N5CCOCC5)c4)cc3=O)nn2)c1. The Hall–Kier alpha value is -5.18. The molecule has 0 bridgehead atoms. The number of aryl methyl sites for hydroxylation is 1. The summed E-state index contributed by atoms with van der Waals surface area (Å²) in [4.78, 5) is 40.0. The van der Waals surface area contributed by atoms with Crippen molar-refractivity contribution in [2.24, 2.45) is 0 Å². The lowest BCUT2D eigenvalue weighted by Crippen LogP contribution is -2.36. The number of amides is 2. The molecule has 2 N–H and O–H groups in total. The van der Waals surface area contributed by atoms with Crippen molar-refractivity contribution < 1.29 is 32.2 Å². The van der Waals surface area contributed by atoms with E-state index in [0.717, 1.165) is 24.3 Å². The summed E-state index contributed by atoms with van der Waals surface area (Å²) >= 11 is 0. The summed E-state index contributed by atoms with van der Waals surface area (Å²) in [7, 11) is 0. The number of nitrogens with one attached hydrogen (secondary N) is 2. The fraction of sp³-hybridized carbons (Fsp3) is 0.364. The van der Waals surface area contributed by atoms with E-state index in [0.29, 0.717) is 31.4 Å². The Morgan fingerprint density at radius 2 is 1.83 bits per heavy atom. The van der Waals surface area contributed by atoms with Crippen molar-refractivity contribution in [3.8, 4) is 5.75 Å². The van der Waals surface area contributed by atoms with Crippen LogP contribution in [-0.2, 0) is 35.6 Å². The highest BCUT2D eigenvalue weighted by molar-refractivity contribution is 5.92. The van der Waals surface area contributed by atoms with E-state index in [1.807, 2.05) is 24.3 Å². The van der Waals surface area contributed by atoms with E-state index in [1.54, 1.807) is 12.1 Å². The van der Waals surface area contributed by atoms with Crippen molar-refractivity contribution in [3.05, 3.63) is 100 Å². The zero-order chi connectivity index (χ0) is 34.1. The molecular weight excluding hydrogens is 631 g/mol. The van der Waals surface area contributed by atoms with E-state index >= 15 is 0 Å². The molecule has 0 radical (unpaired) electrons. The summed E-state index contributed by atoms with van der Waals surface area (Å²) in [5.74, 6) is -0.889. The van der Waals surface area contributed by atoms with Crippen LogP contribution in [-0.4, -0.2) is 70.0 Å². The van der Waals surface area contributed by atoms with Gasteiger partial charge in [0.1, 0.15) is 11.9 Å². The smallest absolute Gasteiger partial charge is 0.394 e. The van der Waals surface area contributed by atoms with Crippen molar-refractivity contribution >= 4 is 23.2 Å². The van der Waals surface area contributed by atoms with Crippen molar-refractivity contribution in [1.29, 1.82) is 0 Å². The molecule has 2 aromatic carbocycles. The van der Waals surface area contributed by atoms with Crippen LogP contribution >= 0.6 is 0 Å². The van der Waals surface area contributed by atoms with Gasteiger partial charge in [-0.25, -0.2) is 9.07 Å². The van der Waals surface area contributed by atoms with Crippen LogP contribution in [0.25, 0.3) is 0 Å². The Bertz CT molecular complexity index is 1770. The van der Waals surface area contributed by atoms with Crippen LogP contribution in [0, 0.1) is 0 Å². The van der Waals surface area contributed by atoms with Gasteiger partial charge in [-0.05, 0) is 47.9 Å². The predicted octanol–water partition coefficient (Wildman–Crippen LogP) is 3.81. The Morgan fingerprint density at radius 1 is 1.06 bits per heavy atom. The summed E-state index contributed by atoms with van der Waals surface area (Å²) in [6, 6.07) is 16.6. The molecule has 4 aromatic rings. The molecule has 0 saturated carbocycles. The third kappa shape index (κ3) is 10.2. The highest BCUT2D eigenvalue weighted by Crippen LogP contribution is 2.22. The maximum atomic E-state index is 14.8. The van der Waals surface area contributed by atoms with E-state index < -0.39 is 23.7 Å². The molecule has 1 saturated heterocycles. The standard InChI is InChI=1S/C33H36F3N7O5/c1-33(35,36)48-28-7-3-5-24(17-28)20-37-32(46)29-22-43(40-39-29)21-25(34)8-10-42-11-9-26(19-31(42)45)38-30(44)18-23-4-2-6-27(16-23)41-12-14-47-15-13-41/h2-7,9,11,16-17,19,22,25H,8,10,12-15,18,20-21H2,1H3,(H,37,46)(H,38,44). The zero-order valence-electron chi connectivity index (χ0n) is 26.3. The van der Waals surface area contributed by atoms with Gasteiger partial charge in [0, 0.05) is 56.7 Å². The molecule has 0 aliphatic carbocycles. The minimum atomic E-state index is -3.34. The molecule has 48 heavy (non-hydrogen) atoms. The van der Waals surface area contributed by atoms with Gasteiger partial charge in [0.15, 0.2) is 5.69 Å². The van der Waals surface area contributed by atoms with E-state index in [1.165, 1.54) is 45.9 Å². The van der Waals surface area contributed by atoms with Gasteiger partial charge in [-0.2, -0.15) is 8.78 Å². The van der Waals surface area contributed by atoms with Crippen molar-refractivity contribution in [3.63, 3.8) is 0 Å². The highest BCUT2D eigenvalue weighted by atomic mass is 19.3. The van der Waals surface area contributed by atoms with Gasteiger partial charge in [-0.1, -0.05) is 29.5 Å². The van der Waals surface area contributed by atoms with Gasteiger partial charge in [0.25, 0.3) is 11.5 Å². The van der Waals surface area contributed by atoms with Crippen molar-refractivity contribution in [2.45, 2.75) is 51.7 Å². The van der Waals surface area contributed by atoms with Crippen LogP contribution in [0.4, 0.5) is 24.5 Å². The molecule has 12 nitrogen and oxygen atoms in total. The number of anilines is 2. The highest BCUT2D eigenvalue weighted by Gasteiger charge is 2.23. The molecule has 254 valence electrons. The first-order valence-electron chi connectivity index (χ1n) is 15.4. The predicted molar refractivity (Wildman–Crippen MR) is 171 cm³/mol. The van der Waals surface area contributed by atoms with Gasteiger partial charge < -0.3 is 29.6 Å². The minimum absolute atomic E-state index is 0.0122. The van der Waals surface area contributed by atoms with Crippen molar-refractivity contribution in [2.75, 3.05) is 36.5 Å². The number of aromatic nitrogens is 4. The van der Waals surface area contributed by atoms with Crippen LogP contribution in [0.5, 0.6) is 5.75 Å². The molecular formula is C33H36F3N7O5. The minimum Gasteiger partial charge on any atom is -0.433 e. The van der Waals surface area contributed by atoms with E-state index in [2.05, 4.69) is 30.6 Å². The van der Waals surface area contributed by atoms with E-state index in [4.69, 9.17) is 4.74 Å². The fourth-order valence-corrected chi connectivity index (χ4v) is 5.11. The number of hydrogen-bond donors (Lipinski definition) is 2. The Labute approximate surface area is 274 Å². The summed E-state index contributed by atoms with van der Waals surface area (Å²) in [6.45, 7) is 3.44.